The van der Waals surface area contributed by atoms with Gasteiger partial charge < -0.3 is 4.57 Å². The van der Waals surface area contributed by atoms with Gasteiger partial charge in [-0.2, -0.15) is 13.2 Å². The van der Waals surface area contributed by atoms with Crippen molar-refractivity contribution in [3.63, 3.8) is 0 Å². The lowest BCUT2D eigenvalue weighted by Gasteiger charge is -2.11. The minimum absolute atomic E-state index is 0.00400. The summed E-state index contributed by atoms with van der Waals surface area (Å²) in [4.78, 5) is 15.7. The van der Waals surface area contributed by atoms with Gasteiger partial charge in [0.05, 0.1) is 27.9 Å². The van der Waals surface area contributed by atoms with Crippen molar-refractivity contribution in [1.29, 1.82) is 0 Å². The highest BCUT2D eigenvalue weighted by Crippen LogP contribution is 2.32. The first kappa shape index (κ1) is 21.2. The summed E-state index contributed by atoms with van der Waals surface area (Å²) < 4.78 is 67.1. The van der Waals surface area contributed by atoms with Crippen LogP contribution in [0, 0.1) is 0 Å². The van der Waals surface area contributed by atoms with E-state index >= 15 is 0 Å². The van der Waals surface area contributed by atoms with Crippen molar-refractivity contribution in [1.82, 2.24) is 34.3 Å². The van der Waals surface area contributed by atoms with Gasteiger partial charge in [-0.25, -0.2) is 33.0 Å². The molecular formula is C17H13ClF3N7O2S. The van der Waals surface area contributed by atoms with E-state index in [-0.39, 0.29) is 44.3 Å². The zero-order chi connectivity index (χ0) is 22.6. The number of nitrogens with zero attached hydrogens (tertiary/aromatic N) is 7. The third-order valence-electron chi connectivity index (χ3n) is 4.53. The monoisotopic (exact) mass is 471 g/mol. The van der Waals surface area contributed by atoms with Crippen molar-refractivity contribution in [2.75, 3.05) is 5.75 Å². The first-order valence-corrected chi connectivity index (χ1v) is 10.8. The molecule has 0 aromatic carbocycles. The molecule has 0 radical (unpaired) electrons. The van der Waals surface area contributed by atoms with Gasteiger partial charge in [-0.3, -0.25) is 0 Å². The predicted octanol–water partition coefficient (Wildman–Crippen LogP) is 3.08. The van der Waals surface area contributed by atoms with Crippen molar-refractivity contribution < 1.29 is 21.6 Å². The average Bonchev–Trinajstić information content (AvgIpc) is 3.30. The minimum Gasteiger partial charge on any atom is -0.324 e. The summed E-state index contributed by atoms with van der Waals surface area (Å²) in [6.07, 6.45) is -2.33. The molecule has 0 amide bonds. The van der Waals surface area contributed by atoms with E-state index < -0.39 is 21.7 Å². The molecule has 0 atom stereocenters. The van der Waals surface area contributed by atoms with E-state index in [1.165, 1.54) is 41.7 Å². The molecule has 0 bridgehead atoms. The predicted molar refractivity (Wildman–Crippen MR) is 104 cm³/mol. The Morgan fingerprint density at radius 3 is 2.52 bits per heavy atom. The number of halogens is 4. The molecule has 9 nitrogen and oxygen atoms in total. The van der Waals surface area contributed by atoms with Crippen molar-refractivity contribution in [2.24, 2.45) is 7.05 Å². The molecule has 0 N–H and O–H groups in total. The molecule has 4 rings (SSSR count). The van der Waals surface area contributed by atoms with Crippen LogP contribution in [-0.4, -0.2) is 48.5 Å². The number of aromatic nitrogens is 7. The Kier molecular flexibility index (Phi) is 4.97. The number of hydrogen-bond donors (Lipinski definition) is 0. The molecule has 0 aliphatic carbocycles. The van der Waals surface area contributed by atoms with Crippen molar-refractivity contribution in [2.45, 2.75) is 18.0 Å². The summed E-state index contributed by atoms with van der Waals surface area (Å²) in [5.74, 6) is 0.0433. The molecule has 0 aliphatic rings. The Hall–Kier alpha value is -3.06. The number of rotatable bonds is 4. The lowest BCUT2D eigenvalue weighted by atomic mass is 10.3. The first-order valence-electron chi connectivity index (χ1n) is 8.72. The van der Waals surface area contributed by atoms with E-state index in [1.807, 2.05) is 0 Å². The van der Waals surface area contributed by atoms with Crippen LogP contribution in [-0.2, 0) is 23.1 Å². The van der Waals surface area contributed by atoms with E-state index in [9.17, 15) is 21.6 Å². The molecule has 0 spiro atoms. The summed E-state index contributed by atoms with van der Waals surface area (Å²) in [5.41, 5.74) is -0.877. The maximum atomic E-state index is 13.0. The Balaban J connectivity index is 1.99. The van der Waals surface area contributed by atoms with Gasteiger partial charge in [0.15, 0.2) is 21.5 Å². The lowest BCUT2D eigenvalue weighted by molar-refractivity contribution is -0.141. The molecule has 31 heavy (non-hydrogen) atoms. The molecule has 0 unspecified atom stereocenters. The fourth-order valence-corrected chi connectivity index (χ4v) is 4.08. The zero-order valence-electron chi connectivity index (χ0n) is 16.0. The summed E-state index contributed by atoms with van der Waals surface area (Å²) in [6, 6.07) is 3.56. The second-order valence-corrected chi connectivity index (χ2v) is 9.01. The van der Waals surface area contributed by atoms with Gasteiger partial charge in [0.1, 0.15) is 17.7 Å². The number of alkyl halides is 3. The second-order valence-electron chi connectivity index (χ2n) is 6.43. The zero-order valence-corrected chi connectivity index (χ0v) is 17.5. The molecule has 0 saturated heterocycles. The quantitative estimate of drug-likeness (QED) is 0.450. The third kappa shape index (κ3) is 3.74. The number of pyridine rings is 2. The van der Waals surface area contributed by atoms with Crippen LogP contribution in [0.2, 0.25) is 5.28 Å². The normalized spacial score (nSPS) is 12.6. The Morgan fingerprint density at radius 1 is 1.16 bits per heavy atom. The van der Waals surface area contributed by atoms with Crippen LogP contribution in [0.1, 0.15) is 12.6 Å². The lowest BCUT2D eigenvalue weighted by Crippen LogP contribution is -2.10. The number of sulfone groups is 1. The fourth-order valence-electron chi connectivity index (χ4n) is 2.94. The highest BCUT2D eigenvalue weighted by molar-refractivity contribution is 7.91. The Labute approximate surface area is 178 Å². The van der Waals surface area contributed by atoms with Crippen molar-refractivity contribution in [3.8, 4) is 17.3 Å². The molecule has 0 fully saturated rings. The van der Waals surface area contributed by atoms with Gasteiger partial charge in [-0.15, -0.1) is 5.10 Å². The van der Waals surface area contributed by atoms with Crippen LogP contribution in [0.4, 0.5) is 13.2 Å². The van der Waals surface area contributed by atoms with Crippen LogP contribution in [0.25, 0.3) is 28.4 Å². The first-order chi connectivity index (χ1) is 14.5. The largest absolute Gasteiger partial charge is 0.433 e. The number of imidazole rings is 1. The van der Waals surface area contributed by atoms with Crippen molar-refractivity contribution in [3.05, 3.63) is 41.7 Å². The molecule has 4 aromatic heterocycles. The number of aryl methyl sites for hydroxylation is 1. The number of hydrogen-bond acceptors (Lipinski definition) is 7. The Morgan fingerprint density at radius 2 is 1.90 bits per heavy atom. The molecule has 0 aliphatic heterocycles. The molecule has 14 heteroatoms. The molecule has 4 aromatic rings. The second kappa shape index (κ2) is 7.27. The standard InChI is InChI=1S/C17H13ClF3N7O2S/c1-3-31(29,30)11-4-5-13(28-8-23-16(18)26-28)25-14(11)15-24-9-6-12(17(19,20)21)22-7-10(9)27(15)2/h4-8H,3H2,1-2H3. The van der Waals surface area contributed by atoms with Gasteiger partial charge >= 0.3 is 6.18 Å². The van der Waals surface area contributed by atoms with Crippen LogP contribution >= 0.6 is 11.6 Å². The van der Waals surface area contributed by atoms with Crippen molar-refractivity contribution >= 4 is 32.5 Å². The summed E-state index contributed by atoms with van der Waals surface area (Å²) >= 11 is 5.74. The molecule has 162 valence electrons. The van der Waals surface area contributed by atoms with Gasteiger partial charge in [0, 0.05) is 7.05 Å². The van der Waals surface area contributed by atoms with Crippen LogP contribution in [0.15, 0.2) is 35.6 Å². The highest BCUT2D eigenvalue weighted by atomic mass is 35.5. The number of fused-ring (bicyclic) bond motifs is 1. The highest BCUT2D eigenvalue weighted by Gasteiger charge is 2.33. The topological polar surface area (TPSA) is 108 Å². The Bertz CT molecular complexity index is 1410. The van der Waals surface area contributed by atoms with E-state index in [0.29, 0.717) is 0 Å². The minimum atomic E-state index is -4.65. The maximum Gasteiger partial charge on any atom is 0.433 e. The average molecular weight is 472 g/mol. The maximum absolute atomic E-state index is 13.0. The molecular weight excluding hydrogens is 459 g/mol. The van der Waals surface area contributed by atoms with E-state index in [4.69, 9.17) is 11.6 Å². The van der Waals surface area contributed by atoms with Gasteiger partial charge in [0.2, 0.25) is 5.28 Å². The van der Waals surface area contributed by atoms with Crippen LogP contribution < -0.4 is 0 Å². The fraction of sp³-hybridized carbons (Fsp3) is 0.235. The van der Waals surface area contributed by atoms with Crippen LogP contribution in [0.3, 0.4) is 0 Å². The summed E-state index contributed by atoms with van der Waals surface area (Å²) in [7, 11) is -2.21. The van der Waals surface area contributed by atoms with Gasteiger partial charge in [-0.1, -0.05) is 6.92 Å². The smallest absolute Gasteiger partial charge is 0.324 e. The third-order valence-corrected chi connectivity index (χ3v) is 6.46. The van der Waals surface area contributed by atoms with E-state index in [0.717, 1.165) is 12.3 Å². The van der Waals surface area contributed by atoms with Crippen LogP contribution in [0.5, 0.6) is 0 Å². The molecule has 4 heterocycles. The molecule has 0 saturated carbocycles. The van der Waals surface area contributed by atoms with Gasteiger partial charge in [0.25, 0.3) is 0 Å². The summed E-state index contributed by atoms with van der Waals surface area (Å²) in [6.45, 7) is 1.47. The van der Waals surface area contributed by atoms with Gasteiger partial charge in [-0.05, 0) is 29.8 Å². The SMILES string of the molecule is CCS(=O)(=O)c1ccc(-n2cnc(Cl)n2)nc1-c1nc2cc(C(F)(F)F)ncc2n1C. The van der Waals surface area contributed by atoms with E-state index in [1.54, 1.807) is 0 Å². The summed E-state index contributed by atoms with van der Waals surface area (Å²) in [5, 5.41) is 3.89. The van der Waals surface area contributed by atoms with E-state index in [2.05, 4.69) is 25.0 Å².